The Balaban J connectivity index is 2.43. The van der Waals surface area contributed by atoms with Gasteiger partial charge >= 0.3 is 5.97 Å². The van der Waals surface area contributed by atoms with Crippen LogP contribution in [0.4, 0.5) is 0 Å². The van der Waals surface area contributed by atoms with Gasteiger partial charge in [-0.05, 0) is 26.3 Å². The minimum atomic E-state index is -0.214. The molecule has 0 radical (unpaired) electrons. The molecule has 0 spiro atoms. The third kappa shape index (κ3) is 5.32. The Kier molecular flexibility index (Phi) is 5.35. The van der Waals surface area contributed by atoms with Crippen molar-refractivity contribution in [3.8, 4) is 0 Å². The molecule has 100 valence electrons. The molecule has 1 rings (SSSR count). The number of ether oxygens (including phenoxy) is 1. The molecule has 0 saturated heterocycles. The first kappa shape index (κ1) is 14.7. The van der Waals surface area contributed by atoms with E-state index in [9.17, 15) is 4.79 Å². The summed E-state index contributed by atoms with van der Waals surface area (Å²) in [6.07, 6.45) is 0.425. The highest BCUT2D eigenvalue weighted by atomic mass is 16.5. The van der Waals surface area contributed by atoms with Gasteiger partial charge in [-0.3, -0.25) is 4.79 Å². The fourth-order valence-electron chi connectivity index (χ4n) is 1.58. The largest absolute Gasteiger partial charge is 0.464 e. The van der Waals surface area contributed by atoms with Crippen LogP contribution in [-0.2, 0) is 16.1 Å². The first-order valence-corrected chi connectivity index (χ1v) is 6.39. The number of carbonyl (C=O) groups is 1. The fourth-order valence-corrected chi connectivity index (χ4v) is 1.58. The molecule has 0 aliphatic heterocycles. The van der Waals surface area contributed by atoms with E-state index in [1.165, 1.54) is 11.1 Å². The molecular weight excluding hydrogens is 226 g/mol. The maximum Gasteiger partial charge on any atom is 0.305 e. The van der Waals surface area contributed by atoms with Gasteiger partial charge in [-0.1, -0.05) is 36.8 Å². The standard InChI is InChI=1S/C15H23NO2/c1-5-14(17)18-11-15(3,4)16-10-13-8-6-7-12(2)9-13/h6-9,16H,5,10-11H2,1-4H3. The van der Waals surface area contributed by atoms with Gasteiger partial charge in [0.25, 0.3) is 0 Å². The number of hydrogen-bond donors (Lipinski definition) is 1. The molecule has 0 unspecified atom stereocenters. The second kappa shape index (κ2) is 6.55. The van der Waals surface area contributed by atoms with Crippen LogP contribution in [0.25, 0.3) is 0 Å². The number of hydrogen-bond acceptors (Lipinski definition) is 3. The molecule has 1 aromatic rings. The molecule has 0 saturated carbocycles. The van der Waals surface area contributed by atoms with E-state index in [2.05, 4.69) is 36.5 Å². The molecule has 0 aliphatic carbocycles. The number of carbonyl (C=O) groups excluding carboxylic acids is 1. The molecule has 0 bridgehead atoms. The summed E-state index contributed by atoms with van der Waals surface area (Å²) in [5, 5.41) is 3.40. The van der Waals surface area contributed by atoms with E-state index in [0.29, 0.717) is 13.0 Å². The molecule has 1 N–H and O–H groups in total. The summed E-state index contributed by atoms with van der Waals surface area (Å²) in [7, 11) is 0. The summed E-state index contributed by atoms with van der Waals surface area (Å²) < 4.78 is 5.17. The summed E-state index contributed by atoms with van der Waals surface area (Å²) in [4.78, 5) is 11.1. The molecule has 0 aliphatic rings. The van der Waals surface area contributed by atoms with Crippen LogP contribution < -0.4 is 5.32 Å². The van der Waals surface area contributed by atoms with Crippen molar-refractivity contribution in [1.82, 2.24) is 5.32 Å². The van der Waals surface area contributed by atoms with Crippen molar-refractivity contribution in [3.05, 3.63) is 35.4 Å². The van der Waals surface area contributed by atoms with Crippen molar-refractivity contribution in [2.24, 2.45) is 0 Å². The Labute approximate surface area is 110 Å². The molecule has 18 heavy (non-hydrogen) atoms. The lowest BCUT2D eigenvalue weighted by molar-refractivity contribution is -0.145. The highest BCUT2D eigenvalue weighted by molar-refractivity contribution is 5.68. The highest BCUT2D eigenvalue weighted by Gasteiger charge is 2.18. The minimum Gasteiger partial charge on any atom is -0.464 e. The maximum absolute atomic E-state index is 11.1. The van der Waals surface area contributed by atoms with Gasteiger partial charge in [0, 0.05) is 18.5 Å². The number of benzene rings is 1. The first-order chi connectivity index (χ1) is 8.43. The molecule has 0 fully saturated rings. The van der Waals surface area contributed by atoms with E-state index in [0.717, 1.165) is 6.54 Å². The van der Waals surface area contributed by atoms with Crippen LogP contribution in [0.3, 0.4) is 0 Å². The van der Waals surface area contributed by atoms with Crippen molar-refractivity contribution in [2.75, 3.05) is 6.61 Å². The monoisotopic (exact) mass is 249 g/mol. The van der Waals surface area contributed by atoms with Crippen molar-refractivity contribution in [3.63, 3.8) is 0 Å². The van der Waals surface area contributed by atoms with Crippen LogP contribution in [0, 0.1) is 6.92 Å². The van der Waals surface area contributed by atoms with Crippen molar-refractivity contribution >= 4 is 5.97 Å². The lowest BCUT2D eigenvalue weighted by Crippen LogP contribution is -2.43. The van der Waals surface area contributed by atoms with E-state index in [1.807, 2.05) is 13.8 Å². The van der Waals surface area contributed by atoms with Gasteiger partial charge < -0.3 is 10.1 Å². The maximum atomic E-state index is 11.1. The third-order valence-corrected chi connectivity index (χ3v) is 2.74. The summed E-state index contributed by atoms with van der Waals surface area (Å²) in [5.41, 5.74) is 2.28. The van der Waals surface area contributed by atoms with Crippen molar-refractivity contribution < 1.29 is 9.53 Å². The van der Waals surface area contributed by atoms with Gasteiger partial charge in [-0.2, -0.15) is 0 Å². The van der Waals surface area contributed by atoms with Crippen molar-refractivity contribution in [1.29, 1.82) is 0 Å². The fraction of sp³-hybridized carbons (Fsp3) is 0.533. The summed E-state index contributed by atoms with van der Waals surface area (Å²) in [6.45, 7) is 9.12. The van der Waals surface area contributed by atoms with E-state index in [4.69, 9.17) is 4.74 Å². The lowest BCUT2D eigenvalue weighted by atomic mass is 10.1. The van der Waals surface area contributed by atoms with Gasteiger partial charge in [-0.15, -0.1) is 0 Å². The second-order valence-corrected chi connectivity index (χ2v) is 5.24. The Hall–Kier alpha value is -1.35. The molecule has 0 atom stereocenters. The highest BCUT2D eigenvalue weighted by Crippen LogP contribution is 2.08. The smallest absolute Gasteiger partial charge is 0.305 e. The lowest BCUT2D eigenvalue weighted by Gasteiger charge is -2.26. The van der Waals surface area contributed by atoms with Gasteiger partial charge in [-0.25, -0.2) is 0 Å². The average Bonchev–Trinajstić information content (AvgIpc) is 2.34. The first-order valence-electron chi connectivity index (χ1n) is 6.39. The van der Waals surface area contributed by atoms with E-state index in [-0.39, 0.29) is 11.5 Å². The Bertz CT molecular complexity index is 399. The predicted octanol–water partition coefficient (Wildman–Crippen LogP) is 2.82. The van der Waals surface area contributed by atoms with Crippen LogP contribution in [0.1, 0.15) is 38.3 Å². The molecule has 0 amide bonds. The van der Waals surface area contributed by atoms with E-state index in [1.54, 1.807) is 6.92 Å². The van der Waals surface area contributed by atoms with Gasteiger partial charge in [0.05, 0.1) is 0 Å². The molecule has 0 heterocycles. The van der Waals surface area contributed by atoms with Crippen LogP contribution in [-0.4, -0.2) is 18.1 Å². The molecule has 0 aromatic heterocycles. The molecule has 3 nitrogen and oxygen atoms in total. The summed E-state index contributed by atoms with van der Waals surface area (Å²) in [5.74, 6) is -0.152. The number of nitrogens with one attached hydrogen (secondary N) is 1. The quantitative estimate of drug-likeness (QED) is 0.788. The van der Waals surface area contributed by atoms with Gasteiger partial charge in [0.1, 0.15) is 6.61 Å². The van der Waals surface area contributed by atoms with Crippen LogP contribution in [0.5, 0.6) is 0 Å². The third-order valence-electron chi connectivity index (χ3n) is 2.74. The zero-order valence-electron chi connectivity index (χ0n) is 11.7. The van der Waals surface area contributed by atoms with Crippen LogP contribution >= 0.6 is 0 Å². The summed E-state index contributed by atoms with van der Waals surface area (Å²) >= 11 is 0. The number of aryl methyl sites for hydroxylation is 1. The Morgan fingerprint density at radius 3 is 2.72 bits per heavy atom. The topological polar surface area (TPSA) is 38.3 Å². The Morgan fingerprint density at radius 1 is 1.39 bits per heavy atom. The zero-order chi connectivity index (χ0) is 13.6. The average molecular weight is 249 g/mol. The van der Waals surface area contributed by atoms with Crippen LogP contribution in [0.2, 0.25) is 0 Å². The van der Waals surface area contributed by atoms with E-state index < -0.39 is 0 Å². The normalized spacial score (nSPS) is 11.3. The second-order valence-electron chi connectivity index (χ2n) is 5.24. The SMILES string of the molecule is CCC(=O)OCC(C)(C)NCc1cccc(C)c1. The number of rotatable bonds is 6. The molecule has 3 heteroatoms. The zero-order valence-corrected chi connectivity index (χ0v) is 11.7. The van der Waals surface area contributed by atoms with Crippen LogP contribution in [0.15, 0.2) is 24.3 Å². The number of esters is 1. The summed E-state index contributed by atoms with van der Waals surface area (Å²) in [6, 6.07) is 8.38. The van der Waals surface area contributed by atoms with Gasteiger partial charge in [0.15, 0.2) is 0 Å². The molecule has 1 aromatic carbocycles. The predicted molar refractivity (Wildman–Crippen MR) is 73.3 cm³/mol. The Morgan fingerprint density at radius 2 is 2.11 bits per heavy atom. The van der Waals surface area contributed by atoms with Crippen molar-refractivity contribution in [2.45, 2.75) is 46.2 Å². The molecular formula is C15H23NO2. The minimum absolute atomic E-state index is 0.152. The van der Waals surface area contributed by atoms with Gasteiger partial charge in [0.2, 0.25) is 0 Å². The van der Waals surface area contributed by atoms with E-state index >= 15 is 0 Å².